The fourth-order valence-electron chi connectivity index (χ4n) is 3.22. The molecule has 0 radical (unpaired) electrons. The van der Waals surface area contributed by atoms with Crippen molar-refractivity contribution in [2.75, 3.05) is 26.2 Å². The molecule has 0 spiro atoms. The normalized spacial score (nSPS) is 31.6. The van der Waals surface area contributed by atoms with Crippen LogP contribution in [0.2, 0.25) is 0 Å². The minimum absolute atomic E-state index is 0.870. The zero-order chi connectivity index (χ0) is 11.5. The molecule has 4 rings (SSSR count). The van der Waals surface area contributed by atoms with E-state index in [9.17, 15) is 0 Å². The van der Waals surface area contributed by atoms with Gasteiger partial charge in [0.15, 0.2) is 0 Å². The molecule has 0 amide bonds. The zero-order valence-electron chi connectivity index (χ0n) is 10.3. The number of hydrogen-bond acceptors (Lipinski definition) is 3. The smallest absolute Gasteiger partial charge is 0.0312 e. The molecule has 3 aliphatic rings. The second-order valence-electron chi connectivity index (χ2n) is 5.39. The van der Waals surface area contributed by atoms with E-state index in [0.29, 0.717) is 0 Å². The lowest BCUT2D eigenvalue weighted by Crippen LogP contribution is -2.50. The van der Waals surface area contributed by atoms with Gasteiger partial charge < -0.3 is 10.2 Å². The molecule has 3 nitrogen and oxygen atoms in total. The van der Waals surface area contributed by atoms with Gasteiger partial charge in [0.1, 0.15) is 0 Å². The summed E-state index contributed by atoms with van der Waals surface area (Å²) in [5.41, 5.74) is 1.29. The first-order valence-electron chi connectivity index (χ1n) is 6.74. The van der Waals surface area contributed by atoms with Gasteiger partial charge in [0.2, 0.25) is 0 Å². The number of hydrogen-bond donors (Lipinski definition) is 1. The predicted molar refractivity (Wildman–Crippen MR) is 68.6 cm³/mol. The highest BCUT2D eigenvalue weighted by Crippen LogP contribution is 2.31. The summed E-state index contributed by atoms with van der Waals surface area (Å²) in [5.74, 6) is 1.84. The molecule has 3 saturated heterocycles. The number of fused-ring (bicyclic) bond motifs is 3. The van der Waals surface area contributed by atoms with Crippen molar-refractivity contribution >= 4 is 0 Å². The molecule has 92 valence electrons. The molecule has 1 atom stereocenters. The molecule has 3 fully saturated rings. The third kappa shape index (κ3) is 2.67. The molecule has 1 aromatic rings. The average molecular weight is 231 g/mol. The Hall–Kier alpha value is -0.930. The largest absolute Gasteiger partial charge is 0.312 e. The van der Waals surface area contributed by atoms with Crippen molar-refractivity contribution < 1.29 is 0 Å². The van der Waals surface area contributed by atoms with Gasteiger partial charge >= 0.3 is 0 Å². The number of piperidine rings is 3. The second-order valence-corrected chi connectivity index (χ2v) is 5.39. The molecule has 1 aromatic heterocycles. The van der Waals surface area contributed by atoms with Crippen molar-refractivity contribution in [2.45, 2.75) is 19.4 Å². The summed E-state index contributed by atoms with van der Waals surface area (Å²) in [6, 6.07) is 4.14. The Kier molecular flexibility index (Phi) is 3.39. The van der Waals surface area contributed by atoms with Crippen LogP contribution >= 0.6 is 0 Å². The summed E-state index contributed by atoms with van der Waals surface area (Å²) < 4.78 is 0. The summed E-state index contributed by atoms with van der Waals surface area (Å²) in [6.07, 6.45) is 6.61. The Morgan fingerprint density at radius 1 is 1.35 bits per heavy atom. The summed E-state index contributed by atoms with van der Waals surface area (Å²) in [5, 5.41) is 3.59. The molecule has 1 N–H and O–H groups in total. The van der Waals surface area contributed by atoms with Gasteiger partial charge in [-0.2, -0.15) is 0 Å². The van der Waals surface area contributed by atoms with Crippen LogP contribution < -0.4 is 5.32 Å². The molecule has 0 saturated carbocycles. The Morgan fingerprint density at radius 3 is 2.88 bits per heavy atom. The van der Waals surface area contributed by atoms with Crippen LogP contribution in [0, 0.1) is 11.8 Å². The van der Waals surface area contributed by atoms with Crippen LogP contribution in [-0.4, -0.2) is 36.1 Å². The van der Waals surface area contributed by atoms with Crippen molar-refractivity contribution in [3.63, 3.8) is 0 Å². The molecule has 3 aliphatic heterocycles. The lowest BCUT2D eigenvalue weighted by Gasteiger charge is -2.45. The van der Waals surface area contributed by atoms with Crippen molar-refractivity contribution in [2.24, 2.45) is 11.8 Å². The fraction of sp³-hybridized carbons (Fsp3) is 0.643. The maximum Gasteiger partial charge on any atom is 0.0312 e. The Morgan fingerprint density at radius 2 is 2.24 bits per heavy atom. The summed E-state index contributed by atoms with van der Waals surface area (Å²) in [7, 11) is 0. The topological polar surface area (TPSA) is 28.2 Å². The minimum Gasteiger partial charge on any atom is -0.312 e. The van der Waals surface area contributed by atoms with Crippen molar-refractivity contribution in [1.82, 2.24) is 15.2 Å². The maximum absolute atomic E-state index is 4.14. The van der Waals surface area contributed by atoms with E-state index in [1.165, 1.54) is 38.0 Å². The number of aromatic nitrogens is 1. The summed E-state index contributed by atoms with van der Waals surface area (Å²) >= 11 is 0. The molecule has 4 heterocycles. The highest BCUT2D eigenvalue weighted by molar-refractivity contribution is 5.07. The SMILES string of the molecule is c1cncc(CNCC2CN3CCC2CC3)c1. The van der Waals surface area contributed by atoms with Gasteiger partial charge in [-0.25, -0.2) is 0 Å². The molecule has 17 heavy (non-hydrogen) atoms. The Labute approximate surface area is 103 Å². The van der Waals surface area contributed by atoms with Crippen molar-refractivity contribution in [1.29, 1.82) is 0 Å². The maximum atomic E-state index is 4.14. The van der Waals surface area contributed by atoms with Gasteiger partial charge in [0.25, 0.3) is 0 Å². The highest BCUT2D eigenvalue weighted by atomic mass is 15.2. The quantitative estimate of drug-likeness (QED) is 0.851. The number of pyridine rings is 1. The summed E-state index contributed by atoms with van der Waals surface area (Å²) in [6.45, 7) is 6.10. The van der Waals surface area contributed by atoms with Crippen LogP contribution in [-0.2, 0) is 6.54 Å². The number of nitrogens with one attached hydrogen (secondary N) is 1. The highest BCUT2D eigenvalue weighted by Gasteiger charge is 2.33. The van der Waals surface area contributed by atoms with E-state index in [2.05, 4.69) is 21.3 Å². The van der Waals surface area contributed by atoms with Crippen LogP contribution in [0.4, 0.5) is 0 Å². The van der Waals surface area contributed by atoms with E-state index >= 15 is 0 Å². The predicted octanol–water partition coefficient (Wildman–Crippen LogP) is 1.51. The average Bonchev–Trinajstić information content (AvgIpc) is 2.41. The van der Waals surface area contributed by atoms with Gasteiger partial charge in [0.05, 0.1) is 0 Å². The van der Waals surface area contributed by atoms with Crippen molar-refractivity contribution in [3.05, 3.63) is 30.1 Å². The first-order chi connectivity index (χ1) is 8.42. The third-order valence-corrected chi connectivity index (χ3v) is 4.25. The second kappa shape index (κ2) is 5.15. The fourth-order valence-corrected chi connectivity index (χ4v) is 3.22. The standard InChI is InChI=1S/C14H21N3/c1-2-12(8-15-5-1)9-16-10-14-11-17-6-3-13(14)4-7-17/h1-2,5,8,13-14,16H,3-4,6-7,9-11H2. The van der Waals surface area contributed by atoms with Gasteiger partial charge in [0, 0.05) is 25.5 Å². The number of nitrogens with zero attached hydrogens (tertiary/aromatic N) is 2. The van der Waals surface area contributed by atoms with Crippen LogP contribution in [0.5, 0.6) is 0 Å². The monoisotopic (exact) mass is 231 g/mol. The Balaban J connectivity index is 1.46. The molecule has 1 unspecified atom stereocenters. The van der Waals surface area contributed by atoms with Gasteiger partial charge in [-0.1, -0.05) is 6.07 Å². The van der Waals surface area contributed by atoms with Crippen LogP contribution in [0.1, 0.15) is 18.4 Å². The van der Waals surface area contributed by atoms with E-state index in [4.69, 9.17) is 0 Å². The molecule has 0 aliphatic carbocycles. The third-order valence-electron chi connectivity index (χ3n) is 4.25. The lowest BCUT2D eigenvalue weighted by molar-refractivity contribution is 0.0509. The van der Waals surface area contributed by atoms with E-state index in [0.717, 1.165) is 24.9 Å². The molecular weight excluding hydrogens is 210 g/mol. The van der Waals surface area contributed by atoms with Gasteiger partial charge in [-0.05, 0) is 55.9 Å². The van der Waals surface area contributed by atoms with E-state index in [1.807, 2.05) is 18.5 Å². The van der Waals surface area contributed by atoms with E-state index in [-0.39, 0.29) is 0 Å². The number of rotatable bonds is 4. The van der Waals surface area contributed by atoms with Crippen LogP contribution in [0.15, 0.2) is 24.5 Å². The first-order valence-corrected chi connectivity index (χ1v) is 6.74. The molecule has 0 aromatic carbocycles. The first kappa shape index (κ1) is 11.2. The Bertz CT molecular complexity index is 344. The summed E-state index contributed by atoms with van der Waals surface area (Å²) in [4.78, 5) is 6.76. The van der Waals surface area contributed by atoms with Gasteiger partial charge in [-0.3, -0.25) is 4.98 Å². The van der Waals surface area contributed by atoms with Crippen molar-refractivity contribution in [3.8, 4) is 0 Å². The molecule has 2 bridgehead atoms. The van der Waals surface area contributed by atoms with Crippen LogP contribution in [0.25, 0.3) is 0 Å². The zero-order valence-corrected chi connectivity index (χ0v) is 10.3. The van der Waals surface area contributed by atoms with Crippen LogP contribution in [0.3, 0.4) is 0 Å². The lowest BCUT2D eigenvalue weighted by atomic mass is 9.79. The van der Waals surface area contributed by atoms with E-state index < -0.39 is 0 Å². The van der Waals surface area contributed by atoms with E-state index in [1.54, 1.807) is 0 Å². The van der Waals surface area contributed by atoms with Gasteiger partial charge in [-0.15, -0.1) is 0 Å². The molecular formula is C14H21N3. The molecule has 3 heteroatoms. The minimum atomic E-state index is 0.870.